The van der Waals surface area contributed by atoms with Gasteiger partial charge < -0.3 is 9.51 Å². The van der Waals surface area contributed by atoms with Gasteiger partial charge in [-0.3, -0.25) is 0 Å². The molecule has 0 saturated heterocycles. The fourth-order valence-corrected chi connectivity index (χ4v) is 2.40. The van der Waals surface area contributed by atoms with Gasteiger partial charge in [0.15, 0.2) is 0 Å². The fraction of sp³-hybridized carbons (Fsp3) is 0.188. The Labute approximate surface area is 122 Å². The van der Waals surface area contributed by atoms with Gasteiger partial charge >= 0.3 is 0 Å². The molecule has 0 unspecified atom stereocenters. The average Bonchev–Trinajstić information content (AvgIpc) is 2.77. The van der Waals surface area contributed by atoms with Gasteiger partial charge in [-0.2, -0.15) is 0 Å². The minimum Gasteiger partial charge on any atom is -0.386 e. The van der Waals surface area contributed by atoms with Crippen LogP contribution in [0.3, 0.4) is 0 Å². The highest BCUT2D eigenvalue weighted by molar-refractivity contribution is 6.29. The summed E-state index contributed by atoms with van der Waals surface area (Å²) in [4.78, 5) is 4.19. The molecule has 0 aliphatic heterocycles. The lowest BCUT2D eigenvalue weighted by molar-refractivity contribution is 0.0786. The van der Waals surface area contributed by atoms with Crippen LogP contribution in [-0.4, -0.2) is 14.5 Å². The monoisotopic (exact) mass is 286 g/mol. The lowest BCUT2D eigenvalue weighted by Crippen LogP contribution is -2.15. The van der Waals surface area contributed by atoms with Gasteiger partial charge in [0.05, 0.1) is 5.60 Å². The van der Waals surface area contributed by atoms with Crippen LogP contribution in [0.25, 0.3) is 16.8 Å². The highest BCUT2D eigenvalue weighted by Crippen LogP contribution is 2.26. The number of hydrogen-bond acceptors (Lipinski definition) is 2. The highest BCUT2D eigenvalue weighted by Gasteiger charge is 2.16. The number of halogens is 1. The van der Waals surface area contributed by atoms with E-state index in [0.29, 0.717) is 5.15 Å². The molecule has 0 aliphatic rings. The quantitative estimate of drug-likeness (QED) is 0.776. The lowest BCUT2D eigenvalue weighted by Gasteiger charge is -2.18. The lowest BCUT2D eigenvalue weighted by atomic mass is 9.95. The molecular formula is C16H15ClN2O. The van der Waals surface area contributed by atoms with E-state index in [4.69, 9.17) is 11.6 Å². The van der Waals surface area contributed by atoms with E-state index >= 15 is 0 Å². The zero-order chi connectivity index (χ0) is 14.3. The molecule has 4 heteroatoms. The molecule has 102 valence electrons. The number of pyridine rings is 1. The van der Waals surface area contributed by atoms with Crippen LogP contribution >= 0.6 is 11.6 Å². The minimum atomic E-state index is -0.849. The third kappa shape index (κ3) is 2.42. The van der Waals surface area contributed by atoms with Crippen molar-refractivity contribution in [3.8, 4) is 11.1 Å². The number of aliphatic hydroxyl groups is 1. The molecule has 3 rings (SSSR count). The van der Waals surface area contributed by atoms with Crippen LogP contribution in [0, 0.1) is 0 Å². The van der Waals surface area contributed by atoms with Crippen molar-refractivity contribution in [1.82, 2.24) is 9.38 Å². The summed E-state index contributed by atoms with van der Waals surface area (Å²) in [6.07, 6.45) is 3.76. The standard InChI is InChI=1S/C16H15ClN2O/c1-16(2,20)13-5-3-4-11(8-13)12-6-7-15-18-14(17)10-19(15)9-12/h3-10,20H,1-2H3. The first-order chi connectivity index (χ1) is 9.43. The number of rotatable bonds is 2. The summed E-state index contributed by atoms with van der Waals surface area (Å²) < 4.78 is 1.90. The molecule has 0 radical (unpaired) electrons. The maximum atomic E-state index is 10.1. The second-order valence-electron chi connectivity index (χ2n) is 5.39. The molecule has 2 aromatic heterocycles. The van der Waals surface area contributed by atoms with Crippen LogP contribution in [0.2, 0.25) is 5.15 Å². The SMILES string of the molecule is CC(C)(O)c1cccc(-c2ccc3nc(Cl)cn3c2)c1. The zero-order valence-electron chi connectivity index (χ0n) is 11.3. The summed E-state index contributed by atoms with van der Waals surface area (Å²) in [5.74, 6) is 0. The van der Waals surface area contributed by atoms with Crippen molar-refractivity contribution in [2.45, 2.75) is 19.4 Å². The number of aromatic nitrogens is 2. The fourth-order valence-electron chi connectivity index (χ4n) is 2.21. The van der Waals surface area contributed by atoms with Crippen LogP contribution in [0.5, 0.6) is 0 Å². The summed E-state index contributed by atoms with van der Waals surface area (Å²) in [5, 5.41) is 10.6. The third-order valence-corrected chi connectivity index (χ3v) is 3.51. The van der Waals surface area contributed by atoms with Crippen molar-refractivity contribution < 1.29 is 5.11 Å². The molecule has 0 aliphatic carbocycles. The van der Waals surface area contributed by atoms with E-state index in [9.17, 15) is 5.11 Å². The topological polar surface area (TPSA) is 37.5 Å². The van der Waals surface area contributed by atoms with Crippen molar-refractivity contribution in [3.05, 3.63) is 59.5 Å². The molecule has 1 N–H and O–H groups in total. The number of imidazole rings is 1. The van der Waals surface area contributed by atoms with E-state index in [1.54, 1.807) is 20.0 Å². The van der Waals surface area contributed by atoms with Gasteiger partial charge in [-0.1, -0.05) is 29.8 Å². The summed E-state index contributed by atoms with van der Waals surface area (Å²) in [7, 11) is 0. The van der Waals surface area contributed by atoms with E-state index in [0.717, 1.165) is 22.3 Å². The van der Waals surface area contributed by atoms with Gasteiger partial charge in [0.1, 0.15) is 10.8 Å². The molecule has 0 spiro atoms. The minimum absolute atomic E-state index is 0.479. The molecule has 0 atom stereocenters. The predicted molar refractivity (Wildman–Crippen MR) is 80.9 cm³/mol. The summed E-state index contributed by atoms with van der Waals surface area (Å²) >= 11 is 5.90. The molecule has 0 bridgehead atoms. The Balaban J connectivity index is 2.10. The molecule has 20 heavy (non-hydrogen) atoms. The van der Waals surface area contributed by atoms with E-state index in [1.807, 2.05) is 47.0 Å². The van der Waals surface area contributed by atoms with Gasteiger partial charge in [-0.05, 0) is 48.7 Å². The average molecular weight is 287 g/mol. The Kier molecular flexibility index (Phi) is 3.04. The first kappa shape index (κ1) is 13.2. The van der Waals surface area contributed by atoms with Crippen molar-refractivity contribution in [3.63, 3.8) is 0 Å². The van der Waals surface area contributed by atoms with Crippen molar-refractivity contribution in [1.29, 1.82) is 0 Å². The molecular weight excluding hydrogens is 272 g/mol. The number of fused-ring (bicyclic) bond motifs is 1. The summed E-state index contributed by atoms with van der Waals surface area (Å²) in [6, 6.07) is 11.8. The normalized spacial score (nSPS) is 12.0. The maximum Gasteiger partial charge on any atom is 0.148 e. The van der Waals surface area contributed by atoms with Crippen molar-refractivity contribution >= 4 is 17.2 Å². The first-order valence-electron chi connectivity index (χ1n) is 6.41. The van der Waals surface area contributed by atoms with Gasteiger partial charge in [0.25, 0.3) is 0 Å². The largest absolute Gasteiger partial charge is 0.386 e. The van der Waals surface area contributed by atoms with Crippen LogP contribution in [0.15, 0.2) is 48.8 Å². The second kappa shape index (κ2) is 4.62. The molecule has 0 saturated carbocycles. The molecule has 2 heterocycles. The van der Waals surface area contributed by atoms with E-state index in [1.165, 1.54) is 0 Å². The van der Waals surface area contributed by atoms with Crippen LogP contribution in [-0.2, 0) is 5.60 Å². The molecule has 1 aromatic carbocycles. The van der Waals surface area contributed by atoms with E-state index in [2.05, 4.69) is 4.98 Å². The second-order valence-corrected chi connectivity index (χ2v) is 5.77. The number of nitrogens with zero attached hydrogens (tertiary/aromatic N) is 2. The van der Waals surface area contributed by atoms with Crippen molar-refractivity contribution in [2.24, 2.45) is 0 Å². The molecule has 0 fully saturated rings. The van der Waals surface area contributed by atoms with Crippen LogP contribution in [0.4, 0.5) is 0 Å². The Morgan fingerprint density at radius 2 is 1.90 bits per heavy atom. The van der Waals surface area contributed by atoms with E-state index < -0.39 is 5.60 Å². The molecule has 3 aromatic rings. The Bertz CT molecular complexity index is 771. The van der Waals surface area contributed by atoms with Gasteiger partial charge in [0, 0.05) is 12.4 Å². The third-order valence-electron chi connectivity index (χ3n) is 3.32. The zero-order valence-corrected chi connectivity index (χ0v) is 12.1. The highest BCUT2D eigenvalue weighted by atomic mass is 35.5. The Hall–Kier alpha value is -1.84. The summed E-state index contributed by atoms with van der Waals surface area (Å²) in [5.41, 5.74) is 2.96. The van der Waals surface area contributed by atoms with E-state index in [-0.39, 0.29) is 0 Å². The van der Waals surface area contributed by atoms with Crippen molar-refractivity contribution in [2.75, 3.05) is 0 Å². The van der Waals surface area contributed by atoms with Gasteiger partial charge in [-0.15, -0.1) is 0 Å². The Morgan fingerprint density at radius 3 is 2.65 bits per heavy atom. The predicted octanol–water partition coefficient (Wildman–Crippen LogP) is 3.88. The number of hydrogen-bond donors (Lipinski definition) is 1. The number of benzene rings is 1. The van der Waals surface area contributed by atoms with Gasteiger partial charge in [-0.25, -0.2) is 4.98 Å². The van der Waals surface area contributed by atoms with Gasteiger partial charge in [0.2, 0.25) is 0 Å². The first-order valence-corrected chi connectivity index (χ1v) is 6.79. The smallest absolute Gasteiger partial charge is 0.148 e. The summed E-state index contributed by atoms with van der Waals surface area (Å²) in [6.45, 7) is 3.57. The molecule has 0 amide bonds. The maximum absolute atomic E-state index is 10.1. The Morgan fingerprint density at radius 1 is 1.10 bits per heavy atom. The van der Waals surface area contributed by atoms with Crippen LogP contribution < -0.4 is 0 Å². The molecule has 3 nitrogen and oxygen atoms in total. The van der Waals surface area contributed by atoms with Crippen LogP contribution in [0.1, 0.15) is 19.4 Å².